The molecule has 0 spiro atoms. The minimum Gasteiger partial charge on any atom is -0.246 e. The van der Waals surface area contributed by atoms with Crippen molar-refractivity contribution < 1.29 is 43.9 Å². The van der Waals surface area contributed by atoms with Crippen molar-refractivity contribution in [2.45, 2.75) is 23.9 Å². The fourth-order valence-electron chi connectivity index (χ4n) is 2.75. The maximum Gasteiger partial charge on any atom is 0.460 e. The SMILES string of the molecule is Fc1ccc2c(-c3ccccc3)cc(C(F)(F)C(F)(F)C(F)(F)C(F)(F)F)nc2c1. The molecule has 0 fully saturated rings. The summed E-state index contributed by atoms with van der Waals surface area (Å²) in [4.78, 5) is 3.09. The first kappa shape index (κ1) is 21.8. The minimum absolute atomic E-state index is 0.00644. The van der Waals surface area contributed by atoms with Gasteiger partial charge < -0.3 is 0 Å². The first-order valence-electron chi connectivity index (χ1n) is 8.06. The molecule has 0 saturated carbocycles. The van der Waals surface area contributed by atoms with Gasteiger partial charge in [-0.25, -0.2) is 9.37 Å². The van der Waals surface area contributed by atoms with Gasteiger partial charge in [-0.1, -0.05) is 30.3 Å². The fourth-order valence-corrected chi connectivity index (χ4v) is 2.75. The van der Waals surface area contributed by atoms with Crippen molar-refractivity contribution in [3.05, 3.63) is 66.1 Å². The van der Waals surface area contributed by atoms with Crippen LogP contribution in [0, 0.1) is 5.82 Å². The number of aromatic nitrogens is 1. The molecular weight excluding hydrogens is 432 g/mol. The van der Waals surface area contributed by atoms with Crippen molar-refractivity contribution in [1.82, 2.24) is 4.98 Å². The van der Waals surface area contributed by atoms with Crippen LogP contribution in [0.2, 0.25) is 0 Å². The molecule has 2 aromatic carbocycles. The molecule has 3 rings (SSSR count). The number of benzene rings is 2. The molecule has 0 radical (unpaired) electrons. The van der Waals surface area contributed by atoms with Crippen LogP contribution >= 0.6 is 0 Å². The lowest BCUT2D eigenvalue weighted by Crippen LogP contribution is -2.59. The Hall–Kier alpha value is -2.85. The molecule has 0 aliphatic rings. The van der Waals surface area contributed by atoms with E-state index in [-0.39, 0.29) is 22.6 Å². The standard InChI is InChI=1S/C19H9F10N/c20-11-6-7-12-13(10-4-2-1-3-5-10)9-15(30-14(12)8-11)16(21,22)17(23,24)18(25,26)19(27,28)29/h1-9H. The predicted octanol–water partition coefficient (Wildman–Crippen LogP) is 6.97. The quantitative estimate of drug-likeness (QED) is 0.399. The van der Waals surface area contributed by atoms with Gasteiger partial charge in [0.05, 0.1) is 5.52 Å². The van der Waals surface area contributed by atoms with Gasteiger partial charge in [-0.2, -0.15) is 39.5 Å². The van der Waals surface area contributed by atoms with Crippen molar-refractivity contribution >= 4 is 10.9 Å². The molecule has 0 bridgehead atoms. The summed E-state index contributed by atoms with van der Waals surface area (Å²) in [6, 6.07) is 9.97. The van der Waals surface area contributed by atoms with Crippen molar-refractivity contribution in [2.75, 3.05) is 0 Å². The van der Waals surface area contributed by atoms with E-state index in [2.05, 4.69) is 4.98 Å². The number of pyridine rings is 1. The summed E-state index contributed by atoms with van der Waals surface area (Å²) in [5, 5.41) is -0.00644. The van der Waals surface area contributed by atoms with Crippen LogP contribution < -0.4 is 0 Å². The highest BCUT2D eigenvalue weighted by Crippen LogP contribution is 2.56. The third-order valence-electron chi connectivity index (χ3n) is 4.32. The molecule has 0 aliphatic heterocycles. The van der Waals surface area contributed by atoms with Gasteiger partial charge in [-0.05, 0) is 29.3 Å². The van der Waals surface area contributed by atoms with Gasteiger partial charge in [-0.3, -0.25) is 0 Å². The normalized spacial score (nSPS) is 13.7. The molecule has 0 unspecified atom stereocenters. The zero-order valence-electron chi connectivity index (χ0n) is 14.4. The zero-order chi connectivity index (χ0) is 22.5. The van der Waals surface area contributed by atoms with E-state index in [0.29, 0.717) is 6.07 Å². The summed E-state index contributed by atoms with van der Waals surface area (Å²) in [5.41, 5.74) is -2.79. The molecule has 30 heavy (non-hydrogen) atoms. The molecule has 0 atom stereocenters. The molecule has 0 amide bonds. The molecular formula is C19H9F10N. The number of nitrogens with zero attached hydrogens (tertiary/aromatic N) is 1. The maximum absolute atomic E-state index is 14.4. The second-order valence-corrected chi connectivity index (χ2v) is 6.30. The van der Waals surface area contributed by atoms with Crippen LogP contribution in [0.25, 0.3) is 22.0 Å². The van der Waals surface area contributed by atoms with Crippen molar-refractivity contribution in [1.29, 1.82) is 0 Å². The molecule has 1 nitrogen and oxygen atoms in total. The van der Waals surface area contributed by atoms with Gasteiger partial charge in [0.2, 0.25) is 0 Å². The third-order valence-corrected chi connectivity index (χ3v) is 4.32. The van der Waals surface area contributed by atoms with Crippen molar-refractivity contribution in [3.8, 4) is 11.1 Å². The Morgan fingerprint density at radius 2 is 1.27 bits per heavy atom. The number of hydrogen-bond acceptors (Lipinski definition) is 1. The molecule has 0 saturated heterocycles. The van der Waals surface area contributed by atoms with Crippen molar-refractivity contribution in [2.24, 2.45) is 0 Å². The monoisotopic (exact) mass is 441 g/mol. The number of alkyl halides is 9. The lowest BCUT2D eigenvalue weighted by atomic mass is 9.95. The van der Waals surface area contributed by atoms with Crippen molar-refractivity contribution in [3.63, 3.8) is 0 Å². The third kappa shape index (κ3) is 3.25. The lowest BCUT2D eigenvalue weighted by Gasteiger charge is -2.33. The first-order chi connectivity index (χ1) is 13.7. The van der Waals surface area contributed by atoms with Gasteiger partial charge in [-0.15, -0.1) is 0 Å². The predicted molar refractivity (Wildman–Crippen MR) is 87.0 cm³/mol. The number of rotatable bonds is 4. The minimum atomic E-state index is -7.06. The molecule has 1 heterocycles. The maximum atomic E-state index is 14.4. The van der Waals surface area contributed by atoms with E-state index in [1.807, 2.05) is 0 Å². The van der Waals surface area contributed by atoms with E-state index >= 15 is 0 Å². The van der Waals surface area contributed by atoms with Gasteiger partial charge in [0.15, 0.2) is 0 Å². The number of fused-ring (bicyclic) bond motifs is 1. The second-order valence-electron chi connectivity index (χ2n) is 6.30. The lowest BCUT2D eigenvalue weighted by molar-refractivity contribution is -0.400. The average molecular weight is 441 g/mol. The number of hydrogen-bond donors (Lipinski definition) is 0. The Labute approximate surface area is 162 Å². The molecule has 0 N–H and O–H groups in total. The number of halogens is 10. The molecule has 11 heteroatoms. The summed E-state index contributed by atoms with van der Waals surface area (Å²) in [6.45, 7) is 0. The fraction of sp³-hybridized carbons (Fsp3) is 0.211. The summed E-state index contributed by atoms with van der Waals surface area (Å²) < 4.78 is 134. The van der Waals surface area contributed by atoms with Crippen LogP contribution in [-0.4, -0.2) is 23.0 Å². The van der Waals surface area contributed by atoms with E-state index in [9.17, 15) is 43.9 Å². The highest BCUT2D eigenvalue weighted by atomic mass is 19.4. The second kappa shape index (κ2) is 6.85. The summed E-state index contributed by atoms with van der Waals surface area (Å²) in [5.74, 6) is -21.0. The smallest absolute Gasteiger partial charge is 0.246 e. The van der Waals surface area contributed by atoms with E-state index < -0.39 is 41.0 Å². The molecule has 160 valence electrons. The summed E-state index contributed by atoms with van der Waals surface area (Å²) >= 11 is 0. The molecule has 0 aliphatic carbocycles. The van der Waals surface area contributed by atoms with E-state index in [0.717, 1.165) is 12.1 Å². The average Bonchev–Trinajstić information content (AvgIpc) is 2.66. The van der Waals surface area contributed by atoms with Crippen LogP contribution in [0.5, 0.6) is 0 Å². The van der Waals surface area contributed by atoms with Crippen LogP contribution in [0.4, 0.5) is 43.9 Å². The Morgan fingerprint density at radius 1 is 0.667 bits per heavy atom. The van der Waals surface area contributed by atoms with Gasteiger partial charge in [0.25, 0.3) is 0 Å². The highest BCUT2D eigenvalue weighted by molar-refractivity contribution is 5.94. The molecule has 1 aromatic heterocycles. The Kier molecular flexibility index (Phi) is 4.99. The zero-order valence-corrected chi connectivity index (χ0v) is 14.4. The van der Waals surface area contributed by atoms with E-state index in [1.54, 1.807) is 0 Å². The first-order valence-corrected chi connectivity index (χ1v) is 8.06. The molecule has 3 aromatic rings. The Morgan fingerprint density at radius 3 is 1.83 bits per heavy atom. The summed E-state index contributed by atoms with van der Waals surface area (Å²) in [7, 11) is 0. The Bertz CT molecular complexity index is 1070. The largest absolute Gasteiger partial charge is 0.460 e. The highest BCUT2D eigenvalue weighted by Gasteiger charge is 2.82. The Balaban J connectivity index is 2.30. The van der Waals surface area contributed by atoms with Crippen LogP contribution in [-0.2, 0) is 5.92 Å². The van der Waals surface area contributed by atoms with Gasteiger partial charge in [0.1, 0.15) is 11.5 Å². The van der Waals surface area contributed by atoms with Crippen LogP contribution in [0.3, 0.4) is 0 Å². The van der Waals surface area contributed by atoms with E-state index in [4.69, 9.17) is 0 Å². The van der Waals surface area contributed by atoms with Gasteiger partial charge >= 0.3 is 23.9 Å². The van der Waals surface area contributed by atoms with Gasteiger partial charge in [0, 0.05) is 11.5 Å². The van der Waals surface area contributed by atoms with E-state index in [1.165, 1.54) is 30.3 Å². The van der Waals surface area contributed by atoms with Crippen LogP contribution in [0.15, 0.2) is 54.6 Å². The summed E-state index contributed by atoms with van der Waals surface area (Å²) in [6.07, 6.45) is -6.95. The topological polar surface area (TPSA) is 12.9 Å². The van der Waals surface area contributed by atoms with Crippen LogP contribution in [0.1, 0.15) is 5.69 Å².